The summed E-state index contributed by atoms with van der Waals surface area (Å²) in [6, 6.07) is 14.6. The summed E-state index contributed by atoms with van der Waals surface area (Å²) in [5.74, 6) is 3.00. The summed E-state index contributed by atoms with van der Waals surface area (Å²) in [6.45, 7) is 0. The van der Waals surface area contributed by atoms with Crippen LogP contribution >= 0.6 is 0 Å². The third kappa shape index (κ3) is 4.74. The molecule has 3 aromatic heterocycles. The Labute approximate surface area is 200 Å². The number of aromatic amines is 1. The van der Waals surface area contributed by atoms with Crippen LogP contribution in [0, 0.1) is 5.92 Å². The molecule has 0 saturated heterocycles. The van der Waals surface area contributed by atoms with Gasteiger partial charge in [0.1, 0.15) is 17.1 Å². The number of nitrogens with zero attached hydrogens (tertiary/aromatic N) is 4. The number of nitrogens with one attached hydrogen (secondary N) is 1. The zero-order chi connectivity index (χ0) is 23.3. The Balaban J connectivity index is 1.25. The quantitative estimate of drug-likeness (QED) is 0.357. The van der Waals surface area contributed by atoms with Crippen molar-refractivity contribution in [3.05, 3.63) is 71.5 Å². The average molecular weight is 457 g/mol. The number of rotatable bonds is 8. The van der Waals surface area contributed by atoms with Gasteiger partial charge in [0.25, 0.3) is 0 Å². The zero-order valence-electron chi connectivity index (χ0n) is 19.7. The van der Waals surface area contributed by atoms with Crippen molar-refractivity contribution in [1.29, 1.82) is 0 Å². The van der Waals surface area contributed by atoms with Gasteiger partial charge in [-0.15, -0.1) is 5.10 Å². The lowest BCUT2D eigenvalue weighted by atomic mass is 9.76. The van der Waals surface area contributed by atoms with E-state index in [9.17, 15) is 0 Å². The number of hydrogen-bond acceptors (Lipinski definition) is 6. The highest BCUT2D eigenvalue weighted by atomic mass is 16.5. The van der Waals surface area contributed by atoms with Gasteiger partial charge in [-0.2, -0.15) is 10.3 Å². The number of nitrogen functional groups attached to an aromatic ring is 1. The Hall–Kier alpha value is -3.48. The van der Waals surface area contributed by atoms with E-state index >= 15 is 0 Å². The molecule has 3 heterocycles. The van der Waals surface area contributed by atoms with E-state index in [0.717, 1.165) is 35.6 Å². The minimum atomic E-state index is 0.218. The van der Waals surface area contributed by atoms with Crippen molar-refractivity contribution in [2.45, 2.75) is 56.8 Å². The molecule has 34 heavy (non-hydrogen) atoms. The molecule has 0 amide bonds. The molecule has 1 aliphatic carbocycles. The summed E-state index contributed by atoms with van der Waals surface area (Å²) in [5.41, 5.74) is 11.2. The molecule has 0 spiro atoms. The molecule has 7 nitrogen and oxygen atoms in total. The Bertz CT molecular complexity index is 1220. The molecule has 1 aromatic carbocycles. The van der Waals surface area contributed by atoms with Crippen molar-refractivity contribution in [3.8, 4) is 5.75 Å². The van der Waals surface area contributed by atoms with E-state index in [1.165, 1.54) is 43.2 Å². The van der Waals surface area contributed by atoms with E-state index in [1.807, 2.05) is 18.3 Å². The van der Waals surface area contributed by atoms with Crippen LogP contribution in [0.4, 0.5) is 5.82 Å². The molecule has 0 bridgehead atoms. The minimum absolute atomic E-state index is 0.218. The molecular formula is C27H32N6O. The summed E-state index contributed by atoms with van der Waals surface area (Å²) in [7, 11) is 1.75. The van der Waals surface area contributed by atoms with Crippen LogP contribution < -0.4 is 10.5 Å². The maximum atomic E-state index is 6.12. The van der Waals surface area contributed by atoms with Gasteiger partial charge >= 0.3 is 0 Å². The highest BCUT2D eigenvalue weighted by Crippen LogP contribution is 2.41. The number of ether oxygens (including phenoxy) is 1. The number of methoxy groups -OCH3 is 1. The number of H-pyrrole nitrogens is 1. The summed E-state index contributed by atoms with van der Waals surface area (Å²) < 4.78 is 5.57. The van der Waals surface area contributed by atoms with Crippen LogP contribution in [0.2, 0.25) is 0 Å². The van der Waals surface area contributed by atoms with Gasteiger partial charge in [-0.1, -0.05) is 43.2 Å². The van der Waals surface area contributed by atoms with Gasteiger partial charge in [-0.05, 0) is 67.2 Å². The van der Waals surface area contributed by atoms with E-state index in [2.05, 4.69) is 55.7 Å². The third-order valence-corrected chi connectivity index (χ3v) is 7.34. The van der Waals surface area contributed by atoms with Gasteiger partial charge < -0.3 is 10.5 Å². The first kappa shape index (κ1) is 22.3. The van der Waals surface area contributed by atoms with Crippen molar-refractivity contribution in [3.63, 3.8) is 0 Å². The molecule has 3 N–H and O–H groups in total. The van der Waals surface area contributed by atoms with Gasteiger partial charge in [0, 0.05) is 23.9 Å². The Morgan fingerprint density at radius 3 is 2.71 bits per heavy atom. The lowest BCUT2D eigenvalue weighted by Crippen LogP contribution is -2.14. The number of anilines is 1. The SMILES string of the molecule is COc1ccncc1C1CCC(CCCC(c2ccccc2)c2cc(N)nc3n[nH]nc23)CC1. The molecule has 176 valence electrons. The van der Waals surface area contributed by atoms with E-state index < -0.39 is 0 Å². The number of benzene rings is 1. The highest BCUT2D eigenvalue weighted by Gasteiger charge is 2.26. The number of pyridine rings is 2. The predicted octanol–water partition coefficient (Wildman–Crippen LogP) is 5.61. The number of hydrogen-bond donors (Lipinski definition) is 2. The summed E-state index contributed by atoms with van der Waals surface area (Å²) in [6.07, 6.45) is 12.2. The summed E-state index contributed by atoms with van der Waals surface area (Å²) in [5, 5.41) is 11.3. The molecule has 1 aliphatic rings. The molecule has 1 atom stereocenters. The second kappa shape index (κ2) is 10.2. The molecule has 1 unspecified atom stereocenters. The number of aromatic nitrogens is 5. The first-order chi connectivity index (χ1) is 16.7. The lowest BCUT2D eigenvalue weighted by Gasteiger charge is -2.29. The fourth-order valence-corrected chi connectivity index (χ4v) is 5.59. The summed E-state index contributed by atoms with van der Waals surface area (Å²) >= 11 is 0. The normalized spacial score (nSPS) is 19.2. The fourth-order valence-electron chi connectivity index (χ4n) is 5.59. The van der Waals surface area contributed by atoms with Crippen molar-refractivity contribution in [1.82, 2.24) is 25.4 Å². The zero-order valence-corrected chi connectivity index (χ0v) is 19.7. The first-order valence-electron chi connectivity index (χ1n) is 12.2. The van der Waals surface area contributed by atoms with E-state index in [1.54, 1.807) is 13.3 Å². The molecule has 4 aromatic rings. The monoisotopic (exact) mass is 456 g/mol. The highest BCUT2D eigenvalue weighted by molar-refractivity contribution is 5.77. The van der Waals surface area contributed by atoms with Crippen LogP contribution in [-0.4, -0.2) is 32.5 Å². The standard InChI is InChI=1S/C27H32N6O/c1-34-24-14-15-29-17-23(24)20-12-10-18(11-13-20)6-5-9-21(19-7-3-2-4-8-19)22-16-25(28)30-27-26(22)31-33-32-27/h2-4,7-8,14-18,20-21H,5-6,9-13H2,1H3,(H3,28,30,31,32,33). The van der Waals surface area contributed by atoms with Crippen LogP contribution in [0.25, 0.3) is 11.2 Å². The predicted molar refractivity (Wildman–Crippen MR) is 134 cm³/mol. The second-order valence-electron chi connectivity index (χ2n) is 9.36. The lowest BCUT2D eigenvalue weighted by molar-refractivity contribution is 0.296. The Kier molecular flexibility index (Phi) is 6.70. The van der Waals surface area contributed by atoms with Gasteiger partial charge in [0.05, 0.1) is 7.11 Å². The van der Waals surface area contributed by atoms with Crippen LogP contribution in [0.3, 0.4) is 0 Å². The topological polar surface area (TPSA) is 103 Å². The van der Waals surface area contributed by atoms with Crippen LogP contribution in [0.1, 0.15) is 73.5 Å². The maximum absolute atomic E-state index is 6.12. The van der Waals surface area contributed by atoms with Gasteiger partial charge in [-0.25, -0.2) is 4.98 Å². The van der Waals surface area contributed by atoms with Crippen molar-refractivity contribution >= 4 is 17.0 Å². The molecule has 5 rings (SSSR count). The largest absolute Gasteiger partial charge is 0.496 e. The minimum Gasteiger partial charge on any atom is -0.496 e. The number of nitrogens with two attached hydrogens (primary N) is 1. The van der Waals surface area contributed by atoms with Crippen LogP contribution in [0.5, 0.6) is 5.75 Å². The number of fused-ring (bicyclic) bond motifs is 1. The van der Waals surface area contributed by atoms with Gasteiger partial charge in [0.15, 0.2) is 0 Å². The van der Waals surface area contributed by atoms with Gasteiger partial charge in [0.2, 0.25) is 5.65 Å². The van der Waals surface area contributed by atoms with Gasteiger partial charge in [-0.3, -0.25) is 4.98 Å². The molecule has 7 heteroatoms. The third-order valence-electron chi connectivity index (χ3n) is 7.34. The second-order valence-corrected chi connectivity index (χ2v) is 9.36. The maximum Gasteiger partial charge on any atom is 0.203 e. The Morgan fingerprint density at radius 1 is 1.09 bits per heavy atom. The van der Waals surface area contributed by atoms with E-state index in [-0.39, 0.29) is 5.92 Å². The molecule has 1 fully saturated rings. The average Bonchev–Trinajstić information content (AvgIpc) is 3.36. The smallest absolute Gasteiger partial charge is 0.203 e. The molecule has 0 aliphatic heterocycles. The van der Waals surface area contributed by atoms with Crippen molar-refractivity contribution < 1.29 is 4.74 Å². The van der Waals surface area contributed by atoms with Crippen molar-refractivity contribution in [2.24, 2.45) is 5.92 Å². The molecular weight excluding hydrogens is 424 g/mol. The summed E-state index contributed by atoms with van der Waals surface area (Å²) in [4.78, 5) is 8.66. The molecule has 1 saturated carbocycles. The van der Waals surface area contributed by atoms with E-state index in [4.69, 9.17) is 10.5 Å². The van der Waals surface area contributed by atoms with Crippen LogP contribution in [0.15, 0.2) is 54.9 Å². The van der Waals surface area contributed by atoms with E-state index in [0.29, 0.717) is 17.4 Å². The van der Waals surface area contributed by atoms with Crippen LogP contribution in [-0.2, 0) is 0 Å². The molecule has 0 radical (unpaired) electrons. The first-order valence-corrected chi connectivity index (χ1v) is 12.2. The van der Waals surface area contributed by atoms with Crippen molar-refractivity contribution in [2.75, 3.05) is 12.8 Å². The fraction of sp³-hybridized carbons (Fsp3) is 0.407. The Morgan fingerprint density at radius 2 is 1.91 bits per heavy atom.